The van der Waals surface area contributed by atoms with Crippen LogP contribution in [0.5, 0.6) is 5.75 Å². The second-order valence-electron chi connectivity index (χ2n) is 6.22. The van der Waals surface area contributed by atoms with Gasteiger partial charge in [0.1, 0.15) is 17.6 Å². The van der Waals surface area contributed by atoms with Gasteiger partial charge in [0.05, 0.1) is 13.0 Å². The predicted octanol–water partition coefficient (Wildman–Crippen LogP) is 3.40. The SMILES string of the molecule is Cc1ccc(OCCC(=O)N[C@H](c2ccccc2)c2nccn2C)cc1. The quantitative estimate of drug-likeness (QED) is 0.711. The van der Waals surface area contributed by atoms with Gasteiger partial charge in [0.2, 0.25) is 5.91 Å². The molecule has 1 aromatic heterocycles. The molecule has 0 fully saturated rings. The van der Waals surface area contributed by atoms with Crippen molar-refractivity contribution in [2.45, 2.75) is 19.4 Å². The van der Waals surface area contributed by atoms with E-state index in [-0.39, 0.29) is 18.4 Å². The zero-order valence-corrected chi connectivity index (χ0v) is 15.1. The smallest absolute Gasteiger partial charge is 0.224 e. The molecule has 0 radical (unpaired) electrons. The van der Waals surface area contributed by atoms with E-state index in [1.807, 2.05) is 79.3 Å². The number of carbonyl (C=O) groups is 1. The molecule has 0 aliphatic carbocycles. The van der Waals surface area contributed by atoms with Crippen LogP contribution in [-0.2, 0) is 11.8 Å². The highest BCUT2D eigenvalue weighted by Gasteiger charge is 2.20. The minimum absolute atomic E-state index is 0.0750. The van der Waals surface area contributed by atoms with E-state index in [4.69, 9.17) is 4.74 Å². The summed E-state index contributed by atoms with van der Waals surface area (Å²) in [5, 5.41) is 3.07. The first-order valence-corrected chi connectivity index (χ1v) is 8.64. The van der Waals surface area contributed by atoms with E-state index in [9.17, 15) is 4.79 Å². The lowest BCUT2D eigenvalue weighted by atomic mass is 10.1. The standard InChI is InChI=1S/C21H23N3O2/c1-16-8-10-18(11-9-16)26-15-12-19(25)23-20(17-6-4-3-5-7-17)21-22-13-14-24(21)2/h3-11,13-14,20H,12,15H2,1-2H3,(H,23,25)/t20-/m1/s1. The third-order valence-electron chi connectivity index (χ3n) is 4.17. The van der Waals surface area contributed by atoms with Gasteiger partial charge in [0, 0.05) is 19.4 Å². The second-order valence-corrected chi connectivity index (χ2v) is 6.22. The predicted molar refractivity (Wildman–Crippen MR) is 101 cm³/mol. The van der Waals surface area contributed by atoms with Crippen LogP contribution in [0, 0.1) is 6.92 Å². The first-order valence-electron chi connectivity index (χ1n) is 8.64. The number of aromatic nitrogens is 2. The Hall–Kier alpha value is -3.08. The summed E-state index contributed by atoms with van der Waals surface area (Å²) in [7, 11) is 1.92. The van der Waals surface area contributed by atoms with E-state index in [1.54, 1.807) is 6.20 Å². The molecule has 3 rings (SSSR count). The summed E-state index contributed by atoms with van der Waals surface area (Å²) >= 11 is 0. The highest BCUT2D eigenvalue weighted by molar-refractivity contribution is 5.77. The van der Waals surface area contributed by atoms with Crippen LogP contribution in [0.15, 0.2) is 67.0 Å². The molecular formula is C21H23N3O2. The summed E-state index contributed by atoms with van der Waals surface area (Å²) in [5.74, 6) is 1.49. The van der Waals surface area contributed by atoms with Crippen molar-refractivity contribution in [3.8, 4) is 5.75 Å². The van der Waals surface area contributed by atoms with Crippen molar-refractivity contribution in [1.82, 2.24) is 14.9 Å². The summed E-state index contributed by atoms with van der Waals surface area (Å²) in [6.45, 7) is 2.36. The third kappa shape index (κ3) is 4.51. The van der Waals surface area contributed by atoms with Crippen molar-refractivity contribution in [2.24, 2.45) is 7.05 Å². The van der Waals surface area contributed by atoms with Crippen molar-refractivity contribution in [2.75, 3.05) is 6.61 Å². The summed E-state index contributed by atoms with van der Waals surface area (Å²) < 4.78 is 7.57. The lowest BCUT2D eigenvalue weighted by Gasteiger charge is -2.19. The molecule has 0 saturated carbocycles. The summed E-state index contributed by atoms with van der Waals surface area (Å²) in [6, 6.07) is 17.4. The number of nitrogens with one attached hydrogen (secondary N) is 1. The van der Waals surface area contributed by atoms with Crippen LogP contribution in [0.25, 0.3) is 0 Å². The molecule has 0 aliphatic heterocycles. The van der Waals surface area contributed by atoms with Crippen molar-refractivity contribution >= 4 is 5.91 Å². The number of hydrogen-bond acceptors (Lipinski definition) is 3. The number of hydrogen-bond donors (Lipinski definition) is 1. The average molecular weight is 349 g/mol. The van der Waals surface area contributed by atoms with Crippen molar-refractivity contribution in [3.63, 3.8) is 0 Å². The van der Waals surface area contributed by atoms with E-state index in [0.29, 0.717) is 6.61 Å². The van der Waals surface area contributed by atoms with E-state index in [2.05, 4.69) is 10.3 Å². The van der Waals surface area contributed by atoms with Gasteiger partial charge in [0.15, 0.2) is 0 Å². The van der Waals surface area contributed by atoms with Crippen molar-refractivity contribution < 1.29 is 9.53 Å². The Bertz CT molecular complexity index is 841. The highest BCUT2D eigenvalue weighted by Crippen LogP contribution is 2.20. The van der Waals surface area contributed by atoms with Gasteiger partial charge in [0.25, 0.3) is 0 Å². The minimum atomic E-state index is -0.289. The molecule has 1 N–H and O–H groups in total. The topological polar surface area (TPSA) is 56.1 Å². The molecule has 26 heavy (non-hydrogen) atoms. The van der Waals surface area contributed by atoms with Gasteiger partial charge in [-0.1, -0.05) is 48.0 Å². The van der Waals surface area contributed by atoms with Crippen LogP contribution < -0.4 is 10.1 Å². The zero-order valence-electron chi connectivity index (χ0n) is 15.1. The van der Waals surface area contributed by atoms with Gasteiger partial charge in [-0.15, -0.1) is 0 Å². The monoisotopic (exact) mass is 349 g/mol. The number of amides is 1. The number of ether oxygens (including phenoxy) is 1. The maximum absolute atomic E-state index is 12.4. The van der Waals surface area contributed by atoms with Crippen LogP contribution in [-0.4, -0.2) is 22.1 Å². The number of aryl methyl sites for hydroxylation is 2. The van der Waals surface area contributed by atoms with Crippen LogP contribution in [0.2, 0.25) is 0 Å². The highest BCUT2D eigenvalue weighted by atomic mass is 16.5. The molecular weight excluding hydrogens is 326 g/mol. The molecule has 2 aromatic carbocycles. The molecule has 1 atom stereocenters. The Morgan fingerprint density at radius 1 is 1.15 bits per heavy atom. The second kappa shape index (κ2) is 8.34. The summed E-state index contributed by atoms with van der Waals surface area (Å²) in [5.41, 5.74) is 2.17. The molecule has 134 valence electrons. The van der Waals surface area contributed by atoms with Gasteiger partial charge in [-0.05, 0) is 24.6 Å². The molecule has 5 heteroatoms. The van der Waals surface area contributed by atoms with Gasteiger partial charge < -0.3 is 14.6 Å². The summed E-state index contributed by atoms with van der Waals surface area (Å²) in [4.78, 5) is 16.8. The fourth-order valence-corrected chi connectivity index (χ4v) is 2.73. The zero-order chi connectivity index (χ0) is 18.4. The first-order chi connectivity index (χ1) is 12.6. The maximum atomic E-state index is 12.4. The Kier molecular flexibility index (Phi) is 5.69. The van der Waals surface area contributed by atoms with Crippen LogP contribution >= 0.6 is 0 Å². The number of benzene rings is 2. The lowest BCUT2D eigenvalue weighted by molar-refractivity contribution is -0.122. The largest absolute Gasteiger partial charge is 0.493 e. The molecule has 5 nitrogen and oxygen atoms in total. The van der Waals surface area contributed by atoms with E-state index >= 15 is 0 Å². The number of nitrogens with zero attached hydrogens (tertiary/aromatic N) is 2. The summed E-state index contributed by atoms with van der Waals surface area (Å²) in [6.07, 6.45) is 3.89. The van der Waals surface area contributed by atoms with Gasteiger partial charge in [-0.2, -0.15) is 0 Å². The van der Waals surface area contributed by atoms with Crippen molar-refractivity contribution in [1.29, 1.82) is 0 Å². The van der Waals surface area contributed by atoms with Gasteiger partial charge >= 0.3 is 0 Å². The molecule has 3 aromatic rings. The molecule has 0 unspecified atom stereocenters. The van der Waals surface area contributed by atoms with Gasteiger partial charge in [-0.3, -0.25) is 4.79 Å². The van der Waals surface area contributed by atoms with Crippen LogP contribution in [0.4, 0.5) is 0 Å². The third-order valence-corrected chi connectivity index (χ3v) is 4.17. The maximum Gasteiger partial charge on any atom is 0.224 e. The van der Waals surface area contributed by atoms with Crippen molar-refractivity contribution in [3.05, 3.63) is 83.9 Å². The molecule has 0 bridgehead atoms. The van der Waals surface area contributed by atoms with Crippen LogP contribution in [0.3, 0.4) is 0 Å². The fourth-order valence-electron chi connectivity index (χ4n) is 2.73. The number of rotatable bonds is 7. The number of imidazole rings is 1. The Morgan fingerprint density at radius 2 is 1.88 bits per heavy atom. The van der Waals surface area contributed by atoms with Crippen LogP contribution in [0.1, 0.15) is 29.4 Å². The lowest BCUT2D eigenvalue weighted by Crippen LogP contribution is -2.31. The molecule has 0 saturated heterocycles. The molecule has 1 amide bonds. The Labute approximate surface area is 153 Å². The minimum Gasteiger partial charge on any atom is -0.493 e. The van der Waals surface area contributed by atoms with Gasteiger partial charge in [-0.25, -0.2) is 4.98 Å². The van der Waals surface area contributed by atoms with E-state index in [0.717, 1.165) is 17.1 Å². The van der Waals surface area contributed by atoms with E-state index < -0.39 is 0 Å². The number of carbonyl (C=O) groups excluding carboxylic acids is 1. The average Bonchev–Trinajstić information content (AvgIpc) is 3.08. The Morgan fingerprint density at radius 3 is 2.54 bits per heavy atom. The Balaban J connectivity index is 1.62. The first kappa shape index (κ1) is 17.7. The molecule has 1 heterocycles. The fraction of sp³-hybridized carbons (Fsp3) is 0.238. The molecule has 0 spiro atoms. The van der Waals surface area contributed by atoms with E-state index in [1.165, 1.54) is 5.56 Å². The normalized spacial score (nSPS) is 11.8. The molecule has 0 aliphatic rings.